The molecule has 1 aliphatic rings. The molecule has 8 heteroatoms. The topological polar surface area (TPSA) is 88.7 Å². The highest BCUT2D eigenvalue weighted by Crippen LogP contribution is 2.22. The van der Waals surface area contributed by atoms with E-state index in [1.54, 1.807) is 0 Å². The third-order valence-electron chi connectivity index (χ3n) is 2.30. The lowest BCUT2D eigenvalue weighted by Crippen LogP contribution is -2.35. The average molecular weight is 259 g/mol. The predicted octanol–water partition coefficient (Wildman–Crippen LogP) is 0.249. The second-order valence-electron chi connectivity index (χ2n) is 3.72. The van der Waals surface area contributed by atoms with Crippen molar-refractivity contribution >= 4 is 17.7 Å². The van der Waals surface area contributed by atoms with E-state index in [-0.39, 0.29) is 17.1 Å². The minimum absolute atomic E-state index is 0.0902. The molecule has 1 aromatic heterocycles. The van der Waals surface area contributed by atoms with Gasteiger partial charge in [-0.25, -0.2) is 0 Å². The third kappa shape index (κ3) is 3.42. The van der Waals surface area contributed by atoms with Crippen molar-refractivity contribution in [1.82, 2.24) is 15.0 Å². The lowest BCUT2D eigenvalue weighted by Gasteiger charge is -2.27. The molecule has 0 saturated carbocycles. The van der Waals surface area contributed by atoms with Gasteiger partial charge in [-0.15, -0.1) is 0 Å². The molecule has 1 unspecified atom stereocenters. The van der Waals surface area contributed by atoms with Crippen molar-refractivity contribution < 1.29 is 19.2 Å². The van der Waals surface area contributed by atoms with E-state index in [9.17, 15) is 4.79 Å². The fourth-order valence-electron chi connectivity index (χ4n) is 1.47. The van der Waals surface area contributed by atoms with Crippen molar-refractivity contribution in [3.05, 3.63) is 5.82 Å². The molecule has 0 radical (unpaired) electrons. The van der Waals surface area contributed by atoms with Crippen LogP contribution in [0.2, 0.25) is 0 Å². The molecule has 0 amide bonds. The van der Waals surface area contributed by atoms with Crippen molar-refractivity contribution in [2.24, 2.45) is 0 Å². The summed E-state index contributed by atoms with van der Waals surface area (Å²) in [5.41, 5.74) is 0. The molecule has 1 aliphatic heterocycles. The molecule has 0 aliphatic carbocycles. The van der Waals surface area contributed by atoms with E-state index in [0.29, 0.717) is 19.0 Å². The van der Waals surface area contributed by atoms with Gasteiger partial charge in [-0.05, 0) is 7.05 Å². The molecular formula is C9H13N3O4S. The highest BCUT2D eigenvalue weighted by Gasteiger charge is 2.24. The van der Waals surface area contributed by atoms with E-state index in [2.05, 4.69) is 15.0 Å². The Balaban J connectivity index is 1.95. The lowest BCUT2D eigenvalue weighted by atomic mass is 10.3. The maximum Gasteiger partial charge on any atom is 0.314 e. The quantitative estimate of drug-likeness (QED) is 0.770. The number of thioether (sulfide) groups is 1. The van der Waals surface area contributed by atoms with Gasteiger partial charge in [0.1, 0.15) is 11.9 Å². The summed E-state index contributed by atoms with van der Waals surface area (Å²) < 4.78 is 10.5. The molecule has 2 rings (SSSR count). The van der Waals surface area contributed by atoms with Crippen LogP contribution in [-0.2, 0) is 9.53 Å². The van der Waals surface area contributed by atoms with E-state index >= 15 is 0 Å². The Bertz CT molecular complexity index is 397. The monoisotopic (exact) mass is 259 g/mol. The molecule has 2 heterocycles. The van der Waals surface area contributed by atoms with E-state index in [4.69, 9.17) is 14.4 Å². The van der Waals surface area contributed by atoms with Crippen molar-refractivity contribution in [3.63, 3.8) is 0 Å². The zero-order valence-electron chi connectivity index (χ0n) is 9.33. The fraction of sp³-hybridized carbons (Fsp3) is 0.667. The van der Waals surface area contributed by atoms with Crippen LogP contribution in [-0.4, -0.2) is 58.6 Å². The molecular weight excluding hydrogens is 246 g/mol. The van der Waals surface area contributed by atoms with Gasteiger partial charge in [0.05, 0.1) is 6.61 Å². The molecule has 1 fully saturated rings. The van der Waals surface area contributed by atoms with Gasteiger partial charge in [-0.1, -0.05) is 16.9 Å². The van der Waals surface area contributed by atoms with Crippen molar-refractivity contribution in [2.75, 3.05) is 32.5 Å². The van der Waals surface area contributed by atoms with Crippen molar-refractivity contribution in [3.8, 4) is 0 Å². The van der Waals surface area contributed by atoms with Gasteiger partial charge in [0.15, 0.2) is 0 Å². The lowest BCUT2D eigenvalue weighted by molar-refractivity contribution is -0.133. The molecule has 1 aromatic rings. The molecule has 1 N–H and O–H groups in total. The van der Waals surface area contributed by atoms with Crippen LogP contribution in [0.1, 0.15) is 11.9 Å². The Hall–Kier alpha value is -1.12. The number of nitrogens with zero attached hydrogens (tertiary/aromatic N) is 3. The first-order valence-corrected chi connectivity index (χ1v) is 6.12. The van der Waals surface area contributed by atoms with Crippen LogP contribution in [0.4, 0.5) is 0 Å². The Labute approximate surface area is 102 Å². The zero-order chi connectivity index (χ0) is 12.3. The molecule has 0 aromatic carbocycles. The first kappa shape index (κ1) is 12.3. The van der Waals surface area contributed by atoms with Crippen LogP contribution >= 0.6 is 11.8 Å². The Morgan fingerprint density at radius 1 is 1.71 bits per heavy atom. The van der Waals surface area contributed by atoms with Crippen LogP contribution in [0.5, 0.6) is 0 Å². The van der Waals surface area contributed by atoms with Crippen molar-refractivity contribution in [2.45, 2.75) is 11.3 Å². The summed E-state index contributed by atoms with van der Waals surface area (Å²) in [7, 11) is 2.00. The molecule has 7 nitrogen and oxygen atoms in total. The van der Waals surface area contributed by atoms with Gasteiger partial charge in [0, 0.05) is 13.1 Å². The Kier molecular flexibility index (Phi) is 3.97. The summed E-state index contributed by atoms with van der Waals surface area (Å²) in [5, 5.41) is 12.6. The van der Waals surface area contributed by atoms with Gasteiger partial charge in [0.25, 0.3) is 5.22 Å². The predicted molar refractivity (Wildman–Crippen MR) is 58.8 cm³/mol. The molecule has 94 valence electrons. The number of morpholine rings is 1. The van der Waals surface area contributed by atoms with E-state index in [1.165, 1.54) is 0 Å². The van der Waals surface area contributed by atoms with Crippen molar-refractivity contribution in [1.29, 1.82) is 0 Å². The Morgan fingerprint density at radius 2 is 2.53 bits per heavy atom. The molecule has 0 bridgehead atoms. The highest BCUT2D eigenvalue weighted by atomic mass is 32.2. The van der Waals surface area contributed by atoms with E-state index < -0.39 is 5.97 Å². The average Bonchev–Trinajstić information content (AvgIpc) is 2.75. The van der Waals surface area contributed by atoms with Crippen LogP contribution in [0.3, 0.4) is 0 Å². The van der Waals surface area contributed by atoms with Crippen LogP contribution in [0.15, 0.2) is 9.75 Å². The summed E-state index contributed by atoms with van der Waals surface area (Å²) >= 11 is 1.01. The Morgan fingerprint density at radius 3 is 3.24 bits per heavy atom. The van der Waals surface area contributed by atoms with Gasteiger partial charge < -0.3 is 19.3 Å². The second kappa shape index (κ2) is 5.48. The zero-order valence-corrected chi connectivity index (χ0v) is 10.1. The minimum atomic E-state index is -0.914. The number of hydrogen-bond acceptors (Lipinski definition) is 7. The smallest absolute Gasteiger partial charge is 0.314 e. The van der Waals surface area contributed by atoms with E-state index in [1.807, 2.05) is 7.05 Å². The second-order valence-corrected chi connectivity index (χ2v) is 4.65. The summed E-state index contributed by atoms with van der Waals surface area (Å²) in [6, 6.07) is 0. The first-order chi connectivity index (χ1) is 8.15. The number of hydrogen-bond donors (Lipinski definition) is 1. The largest absolute Gasteiger partial charge is 0.481 e. The third-order valence-corrected chi connectivity index (χ3v) is 3.10. The van der Waals surface area contributed by atoms with Gasteiger partial charge >= 0.3 is 5.97 Å². The number of carboxylic acids is 1. The number of aromatic nitrogens is 2. The van der Waals surface area contributed by atoms with Crippen LogP contribution < -0.4 is 0 Å². The summed E-state index contributed by atoms with van der Waals surface area (Å²) in [6.07, 6.45) is -0.198. The summed E-state index contributed by atoms with van der Waals surface area (Å²) in [6.45, 7) is 2.23. The summed E-state index contributed by atoms with van der Waals surface area (Å²) in [5.74, 6) is -0.527. The first-order valence-electron chi connectivity index (χ1n) is 5.13. The maximum absolute atomic E-state index is 10.4. The summed E-state index contributed by atoms with van der Waals surface area (Å²) in [4.78, 5) is 16.6. The SMILES string of the molecule is CN1CCOC(c2noc(SCC(=O)O)n2)C1. The molecule has 0 spiro atoms. The van der Waals surface area contributed by atoms with E-state index in [0.717, 1.165) is 18.3 Å². The minimum Gasteiger partial charge on any atom is -0.481 e. The van der Waals surface area contributed by atoms with Gasteiger partial charge in [-0.3, -0.25) is 4.79 Å². The number of rotatable bonds is 4. The molecule has 1 atom stereocenters. The fourth-order valence-corrected chi connectivity index (χ4v) is 1.96. The van der Waals surface area contributed by atoms with Gasteiger partial charge in [-0.2, -0.15) is 4.98 Å². The number of carbonyl (C=O) groups is 1. The van der Waals surface area contributed by atoms with Crippen LogP contribution in [0.25, 0.3) is 0 Å². The molecule has 17 heavy (non-hydrogen) atoms. The number of carboxylic acid groups (broad SMARTS) is 1. The maximum atomic E-state index is 10.4. The number of aliphatic carboxylic acids is 1. The molecule has 1 saturated heterocycles. The standard InChI is InChI=1S/C9H13N3O4S/c1-12-2-3-15-6(4-12)8-10-9(16-11-8)17-5-7(13)14/h6H,2-5H2,1H3,(H,13,14). The van der Waals surface area contributed by atoms with Gasteiger partial charge in [0.2, 0.25) is 5.82 Å². The normalized spacial score (nSPS) is 21.6. The number of ether oxygens (including phenoxy) is 1. The number of likely N-dealkylation sites (N-methyl/N-ethyl adjacent to an activating group) is 1. The highest BCUT2D eigenvalue weighted by molar-refractivity contribution is 7.99. The van der Waals surface area contributed by atoms with Crippen LogP contribution in [0, 0.1) is 0 Å².